The molecule has 2 rings (SSSR count). The van der Waals surface area contributed by atoms with Gasteiger partial charge in [0.1, 0.15) is 11.9 Å². The Kier molecular flexibility index (Phi) is 3.97. The van der Waals surface area contributed by atoms with Gasteiger partial charge in [-0.2, -0.15) is 5.26 Å². The zero-order chi connectivity index (χ0) is 13.8. The van der Waals surface area contributed by atoms with Gasteiger partial charge in [-0.1, -0.05) is 0 Å². The number of aliphatic hydroxyl groups excluding tert-OH is 1. The Morgan fingerprint density at radius 1 is 1.63 bits per heavy atom. The van der Waals surface area contributed by atoms with E-state index in [1.165, 1.54) is 12.1 Å². The Hall–Kier alpha value is -2.13. The van der Waals surface area contributed by atoms with Crippen LogP contribution in [0.5, 0.6) is 0 Å². The first-order valence-corrected chi connectivity index (χ1v) is 6.04. The van der Waals surface area contributed by atoms with Crippen LogP contribution in [-0.2, 0) is 0 Å². The molecule has 0 unspecified atom stereocenters. The lowest BCUT2D eigenvalue weighted by Gasteiger charge is -2.23. The summed E-state index contributed by atoms with van der Waals surface area (Å²) in [6, 6.07) is 5.04. The van der Waals surface area contributed by atoms with E-state index in [0.717, 1.165) is 18.9 Å². The van der Waals surface area contributed by atoms with Crippen molar-refractivity contribution in [3.63, 3.8) is 0 Å². The number of hydrogen-bond donors (Lipinski definition) is 2. The van der Waals surface area contributed by atoms with Crippen molar-refractivity contribution in [1.82, 2.24) is 4.90 Å². The van der Waals surface area contributed by atoms with Gasteiger partial charge in [0.15, 0.2) is 0 Å². The van der Waals surface area contributed by atoms with Crippen LogP contribution >= 0.6 is 0 Å². The van der Waals surface area contributed by atoms with E-state index >= 15 is 0 Å². The number of hydrogen-bond acceptors (Lipinski definition) is 3. The van der Waals surface area contributed by atoms with E-state index in [1.54, 1.807) is 11.0 Å². The molecule has 1 saturated heterocycles. The lowest BCUT2D eigenvalue weighted by molar-refractivity contribution is 0.166. The first-order chi connectivity index (χ1) is 9.15. The lowest BCUT2D eigenvalue weighted by Crippen LogP contribution is -2.40. The third-order valence-corrected chi connectivity index (χ3v) is 3.19. The van der Waals surface area contributed by atoms with Crippen LogP contribution in [0.25, 0.3) is 0 Å². The molecule has 1 aliphatic rings. The molecule has 0 spiro atoms. The number of carbonyl (C=O) groups excluding carboxylic acids is 1. The Labute approximate surface area is 110 Å². The number of carbonyl (C=O) groups is 1. The van der Waals surface area contributed by atoms with E-state index in [4.69, 9.17) is 10.4 Å². The van der Waals surface area contributed by atoms with Crippen molar-refractivity contribution < 1.29 is 14.3 Å². The van der Waals surface area contributed by atoms with Crippen molar-refractivity contribution in [1.29, 1.82) is 5.26 Å². The molecule has 19 heavy (non-hydrogen) atoms. The van der Waals surface area contributed by atoms with E-state index in [2.05, 4.69) is 5.32 Å². The highest BCUT2D eigenvalue weighted by molar-refractivity contribution is 5.89. The van der Waals surface area contributed by atoms with Gasteiger partial charge in [0.05, 0.1) is 18.2 Å². The van der Waals surface area contributed by atoms with Gasteiger partial charge in [0, 0.05) is 12.2 Å². The average molecular weight is 263 g/mol. The van der Waals surface area contributed by atoms with Gasteiger partial charge >= 0.3 is 6.03 Å². The number of rotatable bonds is 2. The molecule has 6 heteroatoms. The van der Waals surface area contributed by atoms with Crippen LogP contribution < -0.4 is 5.32 Å². The molecule has 0 aliphatic carbocycles. The summed E-state index contributed by atoms with van der Waals surface area (Å²) in [5.74, 6) is -0.616. The monoisotopic (exact) mass is 263 g/mol. The van der Waals surface area contributed by atoms with E-state index < -0.39 is 5.82 Å². The molecule has 1 heterocycles. The summed E-state index contributed by atoms with van der Waals surface area (Å²) in [5.41, 5.74) is 0.254. The third-order valence-electron chi connectivity index (χ3n) is 3.19. The maximum absolute atomic E-state index is 13.1. The number of likely N-dealkylation sites (tertiary alicyclic amines) is 1. The zero-order valence-electron chi connectivity index (χ0n) is 10.3. The second-order valence-electron chi connectivity index (χ2n) is 4.41. The molecular formula is C13H14FN3O2. The third kappa shape index (κ3) is 2.83. The van der Waals surface area contributed by atoms with Crippen LogP contribution in [0, 0.1) is 17.1 Å². The summed E-state index contributed by atoms with van der Waals surface area (Å²) in [5, 5.41) is 20.5. The molecule has 1 aromatic carbocycles. The summed E-state index contributed by atoms with van der Waals surface area (Å²) < 4.78 is 13.1. The smallest absolute Gasteiger partial charge is 0.322 e. The van der Waals surface area contributed by atoms with E-state index in [1.807, 2.05) is 0 Å². The number of aliphatic hydroxyl groups is 1. The molecular weight excluding hydrogens is 249 g/mol. The molecule has 100 valence electrons. The van der Waals surface area contributed by atoms with Gasteiger partial charge in [-0.25, -0.2) is 9.18 Å². The highest BCUT2D eigenvalue weighted by atomic mass is 19.1. The minimum Gasteiger partial charge on any atom is -0.394 e. The normalized spacial score (nSPS) is 18.2. The van der Waals surface area contributed by atoms with Crippen molar-refractivity contribution in [2.75, 3.05) is 18.5 Å². The van der Waals surface area contributed by atoms with E-state index in [0.29, 0.717) is 12.2 Å². The number of nitrogens with zero attached hydrogens (tertiary/aromatic N) is 2. The van der Waals surface area contributed by atoms with Crippen molar-refractivity contribution in [3.05, 3.63) is 29.6 Å². The molecule has 0 bridgehead atoms. The quantitative estimate of drug-likeness (QED) is 0.852. The highest BCUT2D eigenvalue weighted by Crippen LogP contribution is 2.19. The fourth-order valence-electron chi connectivity index (χ4n) is 2.18. The number of nitriles is 1. The van der Waals surface area contributed by atoms with Crippen LogP contribution in [0.1, 0.15) is 18.4 Å². The summed E-state index contributed by atoms with van der Waals surface area (Å²) in [6.07, 6.45) is 1.63. The Morgan fingerprint density at radius 3 is 3.11 bits per heavy atom. The fourth-order valence-corrected chi connectivity index (χ4v) is 2.18. The largest absolute Gasteiger partial charge is 0.394 e. The van der Waals surface area contributed by atoms with Gasteiger partial charge in [0.2, 0.25) is 0 Å². The van der Waals surface area contributed by atoms with Gasteiger partial charge in [0.25, 0.3) is 0 Å². The maximum atomic E-state index is 13.1. The number of nitrogens with one attached hydrogen (secondary N) is 1. The molecule has 1 atom stereocenters. The predicted octanol–water partition coefficient (Wildman–Crippen LogP) is 1.69. The molecule has 0 saturated carbocycles. The summed E-state index contributed by atoms with van der Waals surface area (Å²) >= 11 is 0. The Morgan fingerprint density at radius 2 is 2.42 bits per heavy atom. The van der Waals surface area contributed by atoms with E-state index in [9.17, 15) is 9.18 Å². The molecule has 2 N–H and O–H groups in total. The average Bonchev–Trinajstić information content (AvgIpc) is 2.89. The highest BCUT2D eigenvalue weighted by Gasteiger charge is 2.28. The standard InChI is InChI=1S/C13H14FN3O2/c14-12-4-3-10(6-9(12)7-15)16-13(19)17-5-1-2-11(17)8-18/h3-4,6,11,18H,1-2,5,8H2,(H,16,19)/t11-/m0/s1. The number of urea groups is 1. The molecule has 1 aromatic rings. The molecule has 1 aliphatic heterocycles. The summed E-state index contributed by atoms with van der Waals surface area (Å²) in [7, 11) is 0. The topological polar surface area (TPSA) is 76.4 Å². The first-order valence-electron chi connectivity index (χ1n) is 6.04. The summed E-state index contributed by atoms with van der Waals surface area (Å²) in [6.45, 7) is 0.518. The van der Waals surface area contributed by atoms with Gasteiger partial charge in [-0.3, -0.25) is 0 Å². The van der Waals surface area contributed by atoms with E-state index in [-0.39, 0.29) is 24.2 Å². The second-order valence-corrected chi connectivity index (χ2v) is 4.41. The minimum absolute atomic E-state index is 0.0692. The van der Waals surface area contributed by atoms with Gasteiger partial charge < -0.3 is 15.3 Å². The molecule has 1 fully saturated rings. The Balaban J connectivity index is 2.09. The van der Waals surface area contributed by atoms with Crippen LogP contribution in [0.2, 0.25) is 0 Å². The maximum Gasteiger partial charge on any atom is 0.322 e. The molecule has 0 aromatic heterocycles. The number of benzene rings is 1. The van der Waals surface area contributed by atoms with Crippen LogP contribution in [0.3, 0.4) is 0 Å². The minimum atomic E-state index is -0.616. The molecule has 2 amide bonds. The number of halogens is 1. The van der Waals surface area contributed by atoms with Crippen molar-refractivity contribution in [2.24, 2.45) is 0 Å². The number of amides is 2. The Bertz CT molecular complexity index is 527. The number of anilines is 1. The van der Waals surface area contributed by atoms with Crippen molar-refractivity contribution in [2.45, 2.75) is 18.9 Å². The second kappa shape index (κ2) is 5.67. The molecule has 0 radical (unpaired) electrons. The summed E-state index contributed by atoms with van der Waals surface area (Å²) in [4.78, 5) is 13.5. The first kappa shape index (κ1) is 13.3. The molecule has 5 nitrogen and oxygen atoms in total. The predicted molar refractivity (Wildman–Crippen MR) is 66.9 cm³/mol. The SMILES string of the molecule is N#Cc1cc(NC(=O)N2CCC[C@H]2CO)ccc1F. The van der Waals surface area contributed by atoms with Crippen LogP contribution in [0.15, 0.2) is 18.2 Å². The lowest BCUT2D eigenvalue weighted by atomic mass is 10.2. The van der Waals surface area contributed by atoms with Gasteiger partial charge in [-0.15, -0.1) is 0 Å². The van der Waals surface area contributed by atoms with Crippen molar-refractivity contribution >= 4 is 11.7 Å². The zero-order valence-corrected chi connectivity index (χ0v) is 10.3. The van der Waals surface area contributed by atoms with Gasteiger partial charge in [-0.05, 0) is 31.0 Å². The van der Waals surface area contributed by atoms with Crippen LogP contribution in [0.4, 0.5) is 14.9 Å². The fraction of sp³-hybridized carbons (Fsp3) is 0.385. The van der Waals surface area contributed by atoms with Crippen LogP contribution in [-0.4, -0.2) is 35.2 Å². The van der Waals surface area contributed by atoms with Crippen molar-refractivity contribution in [3.8, 4) is 6.07 Å².